The molecule has 6 heteroatoms. The lowest BCUT2D eigenvalue weighted by Crippen LogP contribution is -2.00. The highest BCUT2D eigenvalue weighted by Crippen LogP contribution is 2.15. The molecule has 0 saturated heterocycles. The predicted molar refractivity (Wildman–Crippen MR) is 95.5 cm³/mol. The molecule has 0 unspecified atom stereocenters. The van der Waals surface area contributed by atoms with Crippen LogP contribution in [0.1, 0.15) is 16.8 Å². The Bertz CT molecular complexity index is 960. The molecule has 0 bridgehead atoms. The molecule has 3 aromatic rings. The maximum absolute atomic E-state index is 8.77. The molecule has 0 radical (unpaired) electrons. The van der Waals surface area contributed by atoms with Crippen LogP contribution in [0, 0.1) is 22.7 Å². The molecule has 0 aliphatic rings. The number of nitriles is 2. The van der Waals surface area contributed by atoms with E-state index >= 15 is 0 Å². The Balaban J connectivity index is 1.57. The summed E-state index contributed by atoms with van der Waals surface area (Å²) in [5, 5.41) is 25.8. The summed E-state index contributed by atoms with van der Waals surface area (Å²) < 4.78 is 7.47. The van der Waals surface area contributed by atoms with Gasteiger partial charge in [-0.1, -0.05) is 47.7 Å². The van der Waals surface area contributed by atoms with Crippen LogP contribution in [0.3, 0.4) is 0 Å². The second kappa shape index (κ2) is 8.27. The zero-order valence-electron chi connectivity index (χ0n) is 13.9. The first-order chi connectivity index (χ1) is 12.8. The molecule has 1 aromatic heterocycles. The molecule has 0 atom stereocenters. The lowest BCUT2D eigenvalue weighted by atomic mass is 10.1. The minimum absolute atomic E-state index is 0.0636. The van der Waals surface area contributed by atoms with E-state index in [1.807, 2.05) is 48.7 Å². The van der Waals surface area contributed by atoms with Gasteiger partial charge in [0.1, 0.15) is 35.8 Å². The van der Waals surface area contributed by atoms with E-state index in [2.05, 4.69) is 10.3 Å². The van der Waals surface area contributed by atoms with Gasteiger partial charge in [0.15, 0.2) is 0 Å². The summed E-state index contributed by atoms with van der Waals surface area (Å²) >= 11 is 0. The van der Waals surface area contributed by atoms with Crippen LogP contribution in [0.5, 0.6) is 5.75 Å². The van der Waals surface area contributed by atoms with Crippen molar-refractivity contribution in [3.63, 3.8) is 0 Å². The van der Waals surface area contributed by atoms with Crippen molar-refractivity contribution in [1.82, 2.24) is 15.0 Å². The quantitative estimate of drug-likeness (QED) is 0.642. The number of rotatable bonds is 6. The molecule has 126 valence electrons. The van der Waals surface area contributed by atoms with Gasteiger partial charge in [0, 0.05) is 0 Å². The maximum atomic E-state index is 8.77. The molecule has 0 aliphatic heterocycles. The molecule has 0 aliphatic carbocycles. The van der Waals surface area contributed by atoms with Crippen LogP contribution in [0.15, 0.2) is 66.4 Å². The van der Waals surface area contributed by atoms with Gasteiger partial charge in [-0.25, -0.2) is 4.68 Å². The number of allylic oxidation sites excluding steroid dienone is 1. The van der Waals surface area contributed by atoms with Gasteiger partial charge in [0.05, 0.1) is 12.7 Å². The van der Waals surface area contributed by atoms with Crippen LogP contribution in [0.4, 0.5) is 0 Å². The number of nitrogens with zero attached hydrogens (tertiary/aromatic N) is 5. The lowest BCUT2D eigenvalue weighted by Gasteiger charge is -2.04. The number of ether oxygens (including phenoxy) is 1. The predicted octanol–water partition coefficient (Wildman–Crippen LogP) is 3.34. The number of hydrogen-bond donors (Lipinski definition) is 0. The van der Waals surface area contributed by atoms with Crippen molar-refractivity contribution in [2.24, 2.45) is 0 Å². The average Bonchev–Trinajstić information content (AvgIpc) is 3.13. The monoisotopic (exact) mass is 341 g/mol. The normalized spacial score (nSPS) is 9.77. The Kier molecular flexibility index (Phi) is 5.39. The van der Waals surface area contributed by atoms with Crippen molar-refractivity contribution in [3.05, 3.63) is 83.2 Å². The molecular formula is C20H15N5O. The van der Waals surface area contributed by atoms with Gasteiger partial charge in [-0.15, -0.1) is 5.10 Å². The second-order valence-corrected chi connectivity index (χ2v) is 5.53. The van der Waals surface area contributed by atoms with E-state index < -0.39 is 0 Å². The minimum atomic E-state index is 0.0636. The van der Waals surface area contributed by atoms with E-state index in [0.717, 1.165) is 16.8 Å². The zero-order valence-corrected chi connectivity index (χ0v) is 13.9. The molecule has 0 spiro atoms. The fourth-order valence-electron chi connectivity index (χ4n) is 2.33. The summed E-state index contributed by atoms with van der Waals surface area (Å²) in [5.41, 5.74) is 2.72. The summed E-state index contributed by atoms with van der Waals surface area (Å²) in [7, 11) is 0. The van der Waals surface area contributed by atoms with Crippen molar-refractivity contribution in [3.8, 4) is 17.9 Å². The molecule has 0 saturated carbocycles. The summed E-state index contributed by atoms with van der Waals surface area (Å²) in [6.07, 6.45) is 3.38. The van der Waals surface area contributed by atoms with Gasteiger partial charge < -0.3 is 4.74 Å². The van der Waals surface area contributed by atoms with Crippen molar-refractivity contribution < 1.29 is 4.74 Å². The molecule has 6 nitrogen and oxygen atoms in total. The summed E-state index contributed by atoms with van der Waals surface area (Å²) in [5.74, 6) is 0.676. The van der Waals surface area contributed by atoms with Gasteiger partial charge >= 0.3 is 0 Å². The molecule has 0 amide bonds. The fraction of sp³-hybridized carbons (Fsp3) is 0.100. The standard InChI is InChI=1S/C20H15N5O/c21-11-18(12-22)10-16-6-8-20(9-7-16)26-15-19-14-25(24-23-19)13-17-4-2-1-3-5-17/h1-10,14H,13,15H2. The topological polar surface area (TPSA) is 87.5 Å². The summed E-state index contributed by atoms with van der Waals surface area (Å²) in [6.45, 7) is 0.973. The van der Waals surface area contributed by atoms with E-state index in [4.69, 9.17) is 15.3 Å². The Morgan fingerprint density at radius 3 is 2.46 bits per heavy atom. The maximum Gasteiger partial charge on any atom is 0.134 e. The van der Waals surface area contributed by atoms with E-state index in [1.54, 1.807) is 28.9 Å². The summed E-state index contributed by atoms with van der Waals surface area (Å²) in [6, 6.07) is 20.8. The van der Waals surface area contributed by atoms with E-state index in [-0.39, 0.29) is 5.57 Å². The van der Waals surface area contributed by atoms with Crippen LogP contribution in [-0.4, -0.2) is 15.0 Å². The molecule has 3 rings (SSSR count). The highest BCUT2D eigenvalue weighted by atomic mass is 16.5. The zero-order chi connectivity index (χ0) is 18.2. The van der Waals surface area contributed by atoms with Gasteiger partial charge in [-0.3, -0.25) is 0 Å². The fourth-order valence-corrected chi connectivity index (χ4v) is 2.33. The van der Waals surface area contributed by atoms with E-state index in [1.165, 1.54) is 6.08 Å². The SMILES string of the molecule is N#CC(C#N)=Cc1ccc(OCc2cn(Cc3ccccc3)nn2)cc1. The Morgan fingerprint density at radius 1 is 1.04 bits per heavy atom. The van der Waals surface area contributed by atoms with E-state index in [9.17, 15) is 0 Å². The summed E-state index contributed by atoms with van der Waals surface area (Å²) in [4.78, 5) is 0. The molecule has 0 fully saturated rings. The molecular weight excluding hydrogens is 326 g/mol. The van der Waals surface area contributed by atoms with Crippen molar-refractivity contribution in [2.45, 2.75) is 13.2 Å². The van der Waals surface area contributed by atoms with Crippen molar-refractivity contribution >= 4 is 6.08 Å². The van der Waals surface area contributed by atoms with Crippen LogP contribution >= 0.6 is 0 Å². The first-order valence-corrected chi connectivity index (χ1v) is 7.94. The average molecular weight is 341 g/mol. The van der Waals surface area contributed by atoms with Crippen molar-refractivity contribution in [1.29, 1.82) is 10.5 Å². The Labute approximate surface area is 151 Å². The third-order valence-electron chi connectivity index (χ3n) is 3.59. The highest BCUT2D eigenvalue weighted by molar-refractivity contribution is 5.62. The second-order valence-electron chi connectivity index (χ2n) is 5.53. The first-order valence-electron chi connectivity index (χ1n) is 7.94. The first kappa shape index (κ1) is 16.9. The largest absolute Gasteiger partial charge is 0.487 e. The van der Waals surface area contributed by atoms with Gasteiger partial charge in [-0.2, -0.15) is 10.5 Å². The molecule has 26 heavy (non-hydrogen) atoms. The number of benzene rings is 2. The molecule has 1 heterocycles. The Hall–Kier alpha value is -3.90. The van der Waals surface area contributed by atoms with Gasteiger partial charge in [-0.05, 0) is 29.3 Å². The van der Waals surface area contributed by atoms with Crippen LogP contribution in [-0.2, 0) is 13.2 Å². The third-order valence-corrected chi connectivity index (χ3v) is 3.59. The van der Waals surface area contributed by atoms with Crippen LogP contribution in [0.2, 0.25) is 0 Å². The highest BCUT2D eigenvalue weighted by Gasteiger charge is 2.03. The Morgan fingerprint density at radius 2 is 1.77 bits per heavy atom. The minimum Gasteiger partial charge on any atom is -0.487 e. The van der Waals surface area contributed by atoms with Crippen molar-refractivity contribution in [2.75, 3.05) is 0 Å². The number of aromatic nitrogens is 3. The molecule has 2 aromatic carbocycles. The lowest BCUT2D eigenvalue weighted by molar-refractivity contribution is 0.301. The smallest absolute Gasteiger partial charge is 0.134 e. The molecule has 0 N–H and O–H groups in total. The van der Waals surface area contributed by atoms with Gasteiger partial charge in [0.25, 0.3) is 0 Å². The number of hydrogen-bond acceptors (Lipinski definition) is 5. The third kappa shape index (κ3) is 4.56. The van der Waals surface area contributed by atoms with Crippen LogP contribution < -0.4 is 4.74 Å². The van der Waals surface area contributed by atoms with Crippen LogP contribution in [0.25, 0.3) is 6.08 Å². The van der Waals surface area contributed by atoms with E-state index in [0.29, 0.717) is 18.9 Å². The van der Waals surface area contributed by atoms with Gasteiger partial charge in [0.2, 0.25) is 0 Å².